The lowest BCUT2D eigenvalue weighted by molar-refractivity contribution is -0.123. The van der Waals surface area contributed by atoms with Crippen LogP contribution in [0, 0.1) is 0 Å². The van der Waals surface area contributed by atoms with Crippen LogP contribution in [0.15, 0.2) is 65.1 Å². The molecule has 57 heavy (non-hydrogen) atoms. The van der Waals surface area contributed by atoms with Gasteiger partial charge in [0.2, 0.25) is 11.3 Å². The number of carbonyl (C=O) groups is 2. The van der Waals surface area contributed by atoms with Crippen LogP contribution in [0.3, 0.4) is 0 Å². The second-order valence-corrected chi connectivity index (χ2v) is 16.1. The highest BCUT2D eigenvalue weighted by atomic mass is 16.3. The van der Waals surface area contributed by atoms with E-state index in [0.717, 1.165) is 123 Å². The summed E-state index contributed by atoms with van der Waals surface area (Å²) >= 11 is 0. The number of anilines is 1. The molecule has 2 fully saturated rings. The highest BCUT2D eigenvalue weighted by Crippen LogP contribution is 2.41. The highest BCUT2D eigenvalue weighted by molar-refractivity contribution is 6.04. The Labute approximate surface area is 338 Å². The Balaban J connectivity index is 1.12. The van der Waals surface area contributed by atoms with Crippen LogP contribution in [-0.4, -0.2) is 139 Å². The zero-order valence-corrected chi connectivity index (χ0v) is 34.6. The number of rotatable bonds is 12. The zero-order valence-electron chi connectivity index (χ0n) is 34.6. The van der Waals surface area contributed by atoms with E-state index in [9.17, 15) is 14.7 Å². The molecule has 2 atom stereocenters. The van der Waals surface area contributed by atoms with Crippen LogP contribution in [-0.2, 0) is 4.79 Å². The smallest absolute Gasteiger partial charge is 0.251 e. The maximum Gasteiger partial charge on any atom is 0.251 e. The number of carbonyl (C=O) groups excluding carboxylic acids is 2. The molecule has 308 valence electrons. The molecule has 2 saturated heterocycles. The monoisotopic (exact) mass is 782 g/mol. The van der Waals surface area contributed by atoms with Gasteiger partial charge in [-0.3, -0.25) is 19.4 Å². The van der Waals surface area contributed by atoms with Gasteiger partial charge in [0.05, 0.1) is 12.2 Å². The van der Waals surface area contributed by atoms with Crippen LogP contribution in [0.2, 0.25) is 0 Å². The molecule has 3 heterocycles. The summed E-state index contributed by atoms with van der Waals surface area (Å²) in [4.78, 5) is 33.8. The van der Waals surface area contributed by atoms with Gasteiger partial charge in [-0.05, 0) is 87.8 Å². The molecule has 0 bridgehead atoms. The molecule has 1 aliphatic carbocycles. The fourth-order valence-corrected chi connectivity index (χ4v) is 8.14. The van der Waals surface area contributed by atoms with Gasteiger partial charge in [-0.25, -0.2) is 4.58 Å². The Morgan fingerprint density at radius 2 is 1.60 bits per heavy atom. The van der Waals surface area contributed by atoms with E-state index >= 15 is 0 Å². The minimum absolute atomic E-state index is 0.114. The van der Waals surface area contributed by atoms with Gasteiger partial charge < -0.3 is 35.7 Å². The average molecular weight is 782 g/mol. The number of hydrogen-bond acceptors (Lipinski definition) is 9. The van der Waals surface area contributed by atoms with Crippen molar-refractivity contribution < 1.29 is 19.1 Å². The Kier molecular flexibility index (Phi) is 15.5. The Morgan fingerprint density at radius 1 is 0.842 bits per heavy atom. The van der Waals surface area contributed by atoms with Crippen molar-refractivity contribution in [3.63, 3.8) is 0 Å². The van der Waals surface area contributed by atoms with Crippen molar-refractivity contribution in [2.24, 2.45) is 0 Å². The molecule has 5 N–H and O–H groups in total. The number of hydrogen-bond donors (Lipinski definition) is 5. The largest absolute Gasteiger partial charge is 0.456 e. The van der Waals surface area contributed by atoms with Crippen molar-refractivity contribution in [2.75, 3.05) is 105 Å². The third-order valence-corrected chi connectivity index (χ3v) is 11.4. The fourth-order valence-electron chi connectivity index (χ4n) is 8.14. The molecule has 3 aliphatic heterocycles. The average Bonchev–Trinajstić information content (AvgIpc) is 3.43. The number of fused-ring (bicyclic) bond motifs is 2. The van der Waals surface area contributed by atoms with Crippen LogP contribution < -0.4 is 36.1 Å². The molecule has 0 radical (unpaired) electrons. The minimum Gasteiger partial charge on any atom is -0.456 e. The summed E-state index contributed by atoms with van der Waals surface area (Å²) in [5, 5.41) is 26.8. The highest BCUT2D eigenvalue weighted by Gasteiger charge is 2.30. The van der Waals surface area contributed by atoms with Crippen molar-refractivity contribution in [1.82, 2.24) is 35.6 Å². The van der Waals surface area contributed by atoms with Crippen molar-refractivity contribution in [1.29, 1.82) is 0 Å². The molecule has 12 nitrogen and oxygen atoms in total. The number of amides is 2. The molecular weight excluding hydrogens is 717 g/mol. The number of benzene rings is 3. The summed E-state index contributed by atoms with van der Waals surface area (Å²) in [6.07, 6.45) is 6.36. The van der Waals surface area contributed by atoms with Gasteiger partial charge in [0.15, 0.2) is 0 Å². The van der Waals surface area contributed by atoms with E-state index in [2.05, 4.69) is 76.9 Å². The van der Waals surface area contributed by atoms with Crippen molar-refractivity contribution in [3.05, 3.63) is 71.6 Å². The van der Waals surface area contributed by atoms with E-state index in [1.165, 1.54) is 12.8 Å². The summed E-state index contributed by atoms with van der Waals surface area (Å²) in [7, 11) is 8.04. The van der Waals surface area contributed by atoms with E-state index < -0.39 is 6.10 Å². The van der Waals surface area contributed by atoms with E-state index in [1.54, 1.807) is 0 Å². The van der Waals surface area contributed by atoms with Crippen molar-refractivity contribution in [2.45, 2.75) is 57.1 Å². The first-order valence-corrected chi connectivity index (χ1v) is 21.1. The standard InChI is InChI=1S/C45H64N8O4/c1-50(2)35-14-16-37-41(29-35)57-42-30-36(51(3)4)15-17-38(42)44(37)33-12-11-13-34(28-33)45(56)49-21-20-48-43(55)31-39(53-25-10-6-8-19-47-23-27-53)40(54)32-52-24-9-5-7-18-46-22-26-52/h11-17,28-30,39-40,46-47,54H,5-10,18-27,31-32H2,1-4H3,(H-,48,49,55,56)/p+1. The SMILES string of the molecule is CN(C)c1ccc2c(-c3cccc(C(=O)NCCNC(=O)CC(C(O)CN4CCCCCNCC4)N4CCCCCNCC4)c3)c3ccc(=[N+](C)C)cc-3oc2c1. The molecule has 0 spiro atoms. The molecule has 2 aromatic carbocycles. The first-order chi connectivity index (χ1) is 27.7. The van der Waals surface area contributed by atoms with E-state index in [0.29, 0.717) is 18.7 Å². The van der Waals surface area contributed by atoms with Crippen LogP contribution in [0.1, 0.15) is 55.3 Å². The summed E-state index contributed by atoms with van der Waals surface area (Å²) in [5.41, 5.74) is 5.23. The Bertz CT molecular complexity index is 1950. The molecule has 2 aromatic rings. The van der Waals surface area contributed by atoms with Gasteiger partial charge in [-0.1, -0.05) is 25.0 Å². The van der Waals surface area contributed by atoms with Gasteiger partial charge in [0.1, 0.15) is 25.4 Å². The third-order valence-electron chi connectivity index (χ3n) is 11.4. The fraction of sp³-hybridized carbons (Fsp3) is 0.533. The maximum atomic E-state index is 13.6. The molecule has 2 unspecified atom stereocenters. The third kappa shape index (κ3) is 11.6. The molecule has 6 rings (SSSR count). The number of β-amino-alcohol motifs (C(OH)–C–C–N with tert-alkyl or cyclic N) is 1. The van der Waals surface area contributed by atoms with Gasteiger partial charge in [0.25, 0.3) is 5.91 Å². The lowest BCUT2D eigenvalue weighted by Gasteiger charge is -2.36. The maximum absolute atomic E-state index is 13.6. The van der Waals surface area contributed by atoms with E-state index in [4.69, 9.17) is 4.42 Å². The predicted octanol–water partition coefficient (Wildman–Crippen LogP) is 3.42. The first kappa shape index (κ1) is 42.3. The van der Waals surface area contributed by atoms with E-state index in [1.807, 2.05) is 52.5 Å². The zero-order chi connectivity index (χ0) is 40.1. The topological polar surface area (TPSA) is 128 Å². The van der Waals surface area contributed by atoms with Crippen LogP contribution in [0.25, 0.3) is 33.4 Å². The summed E-state index contributed by atoms with van der Waals surface area (Å²) in [6.45, 7) is 8.45. The second-order valence-electron chi connectivity index (χ2n) is 16.1. The number of aliphatic hydroxyl groups excluding tert-OH is 1. The Hall–Kier alpha value is -4.33. The molecule has 2 amide bonds. The van der Waals surface area contributed by atoms with Crippen LogP contribution in [0.5, 0.6) is 0 Å². The lowest BCUT2D eigenvalue weighted by atomic mass is 9.92. The Morgan fingerprint density at radius 3 is 2.37 bits per heavy atom. The first-order valence-electron chi connectivity index (χ1n) is 21.1. The summed E-state index contributed by atoms with van der Waals surface area (Å²) in [5.74, 6) is 0.446. The number of nitrogens with one attached hydrogen (secondary N) is 4. The summed E-state index contributed by atoms with van der Waals surface area (Å²) in [6, 6.07) is 19.8. The number of nitrogens with zero attached hydrogens (tertiary/aromatic N) is 4. The van der Waals surface area contributed by atoms with Crippen LogP contribution >= 0.6 is 0 Å². The molecule has 12 heteroatoms. The normalized spacial score (nSPS) is 17.6. The molecular formula is C45H65N8O4+. The van der Waals surface area contributed by atoms with Gasteiger partial charge in [0, 0.05) is 112 Å². The molecule has 0 aromatic heterocycles. The van der Waals surface area contributed by atoms with Gasteiger partial charge in [-0.2, -0.15) is 0 Å². The molecule has 0 saturated carbocycles. The second kappa shape index (κ2) is 20.9. The quantitative estimate of drug-likeness (QED) is 0.0836. The number of aliphatic hydroxyl groups is 1. The van der Waals surface area contributed by atoms with Gasteiger partial charge in [-0.15, -0.1) is 0 Å². The predicted molar refractivity (Wildman–Crippen MR) is 231 cm³/mol. The minimum atomic E-state index is -0.651. The lowest BCUT2D eigenvalue weighted by Crippen LogP contribution is -2.53. The van der Waals surface area contributed by atoms with Crippen molar-refractivity contribution in [3.8, 4) is 22.5 Å². The van der Waals surface area contributed by atoms with Crippen LogP contribution in [0.4, 0.5) is 5.69 Å². The van der Waals surface area contributed by atoms with E-state index in [-0.39, 0.29) is 30.8 Å². The van der Waals surface area contributed by atoms with Gasteiger partial charge >= 0.3 is 0 Å². The molecule has 4 aliphatic rings. The summed E-state index contributed by atoms with van der Waals surface area (Å²) < 4.78 is 8.55. The van der Waals surface area contributed by atoms with Crippen molar-refractivity contribution >= 4 is 28.5 Å².